The van der Waals surface area contributed by atoms with E-state index in [-0.39, 0.29) is 11.9 Å². The van der Waals surface area contributed by atoms with E-state index in [1.807, 2.05) is 36.7 Å². The molecule has 0 aliphatic heterocycles. The van der Waals surface area contributed by atoms with Crippen LogP contribution in [-0.4, -0.2) is 15.9 Å². The van der Waals surface area contributed by atoms with Crippen molar-refractivity contribution >= 4 is 5.97 Å². The molecule has 0 amide bonds. The quantitative estimate of drug-likeness (QED) is 0.164. The van der Waals surface area contributed by atoms with Gasteiger partial charge in [-0.1, -0.05) is 78.1 Å². The van der Waals surface area contributed by atoms with E-state index in [9.17, 15) is 4.79 Å². The molecule has 4 nitrogen and oxygen atoms in total. The normalized spacial score (nSPS) is 24.1. The molecule has 0 unspecified atom stereocenters. The lowest BCUT2D eigenvalue weighted by atomic mass is 9.78. The highest BCUT2D eigenvalue weighted by Crippen LogP contribution is 2.34. The van der Waals surface area contributed by atoms with Crippen molar-refractivity contribution in [3.8, 4) is 17.1 Å². The van der Waals surface area contributed by atoms with Crippen LogP contribution in [0.5, 0.6) is 5.75 Å². The second-order valence-electron chi connectivity index (χ2n) is 11.8. The maximum atomic E-state index is 12.7. The van der Waals surface area contributed by atoms with E-state index < -0.39 is 0 Å². The minimum Gasteiger partial charge on any atom is -0.426 e. The van der Waals surface area contributed by atoms with Gasteiger partial charge in [0, 0.05) is 18.0 Å². The van der Waals surface area contributed by atoms with Gasteiger partial charge in [0.2, 0.25) is 0 Å². The summed E-state index contributed by atoms with van der Waals surface area (Å²) in [6, 6.07) is 7.65. The first-order valence-corrected chi connectivity index (χ1v) is 15.3. The summed E-state index contributed by atoms with van der Waals surface area (Å²) in [6.07, 6.45) is 24.1. The number of aromatic nitrogens is 2. The topological polar surface area (TPSA) is 52.1 Å². The van der Waals surface area contributed by atoms with Gasteiger partial charge in [0.05, 0.1) is 5.92 Å². The highest BCUT2D eigenvalue weighted by atomic mass is 16.5. The molecule has 0 radical (unpaired) electrons. The van der Waals surface area contributed by atoms with Crippen LogP contribution in [0, 0.1) is 23.7 Å². The Kier molecular flexibility index (Phi) is 11.0. The van der Waals surface area contributed by atoms with Gasteiger partial charge in [-0.05, 0) is 86.1 Å². The number of unbranched alkanes of at least 4 members (excludes halogenated alkanes) is 2. The Labute approximate surface area is 225 Å². The molecule has 1 aromatic heterocycles. The second kappa shape index (κ2) is 14.6. The number of carbonyl (C=O) groups excluding carboxylic acids is 1. The average molecular weight is 505 g/mol. The summed E-state index contributed by atoms with van der Waals surface area (Å²) >= 11 is 0. The van der Waals surface area contributed by atoms with Crippen molar-refractivity contribution in [2.24, 2.45) is 23.7 Å². The summed E-state index contributed by atoms with van der Waals surface area (Å²) in [5, 5.41) is 0. The summed E-state index contributed by atoms with van der Waals surface area (Å²) in [6.45, 7) is 4.56. The molecule has 1 aromatic carbocycles. The summed E-state index contributed by atoms with van der Waals surface area (Å²) in [5.74, 6) is 3.95. The van der Waals surface area contributed by atoms with E-state index in [0.717, 1.165) is 61.2 Å². The molecule has 0 spiro atoms. The lowest BCUT2D eigenvalue weighted by Gasteiger charge is -2.28. The van der Waals surface area contributed by atoms with E-state index in [1.54, 1.807) is 0 Å². The molecule has 1 heterocycles. The molecule has 2 aliphatic rings. The van der Waals surface area contributed by atoms with E-state index in [4.69, 9.17) is 4.74 Å². The van der Waals surface area contributed by atoms with Gasteiger partial charge in [-0.15, -0.1) is 0 Å². The molecule has 4 heteroatoms. The van der Waals surface area contributed by atoms with Crippen LogP contribution in [0.25, 0.3) is 11.4 Å². The number of aryl methyl sites for hydroxylation is 1. The molecule has 0 saturated heterocycles. The molecular formula is C33H48N2O2. The fraction of sp³-hybridized carbons (Fsp3) is 0.667. The minimum atomic E-state index is -0.0702. The summed E-state index contributed by atoms with van der Waals surface area (Å²) in [4.78, 5) is 22.0. The van der Waals surface area contributed by atoms with Crippen LogP contribution in [0.1, 0.15) is 116 Å². The maximum Gasteiger partial charge on any atom is 0.314 e. The molecule has 0 atom stereocenters. The average Bonchev–Trinajstić information content (AvgIpc) is 2.94. The summed E-state index contributed by atoms with van der Waals surface area (Å²) in [5.41, 5.74) is 2.18. The highest BCUT2D eigenvalue weighted by molar-refractivity contribution is 5.75. The minimum absolute atomic E-state index is 0.0457. The lowest BCUT2D eigenvalue weighted by molar-refractivity contribution is -0.140. The van der Waals surface area contributed by atoms with Crippen LogP contribution in [0.2, 0.25) is 0 Å². The molecule has 4 rings (SSSR count). The van der Waals surface area contributed by atoms with Gasteiger partial charge >= 0.3 is 5.97 Å². The van der Waals surface area contributed by atoms with E-state index >= 15 is 0 Å². The zero-order valence-electron chi connectivity index (χ0n) is 23.3. The summed E-state index contributed by atoms with van der Waals surface area (Å²) < 4.78 is 5.73. The first kappa shape index (κ1) is 27.8. The van der Waals surface area contributed by atoms with Crippen LogP contribution in [0.4, 0.5) is 0 Å². The van der Waals surface area contributed by atoms with Crippen molar-refractivity contribution in [3.05, 3.63) is 42.2 Å². The van der Waals surface area contributed by atoms with Crippen molar-refractivity contribution < 1.29 is 9.53 Å². The Balaban J connectivity index is 1.19. The molecule has 0 N–H and O–H groups in total. The van der Waals surface area contributed by atoms with Crippen molar-refractivity contribution in [3.63, 3.8) is 0 Å². The Bertz CT molecular complexity index is 924. The molecule has 2 aromatic rings. The predicted octanol–water partition coefficient (Wildman–Crippen LogP) is 8.97. The van der Waals surface area contributed by atoms with Crippen LogP contribution < -0.4 is 4.74 Å². The number of ether oxygens (including phenoxy) is 1. The molecule has 2 aliphatic carbocycles. The Morgan fingerprint density at radius 3 is 1.97 bits per heavy atom. The number of nitrogens with zero attached hydrogens (tertiary/aromatic N) is 2. The number of esters is 1. The van der Waals surface area contributed by atoms with Gasteiger partial charge < -0.3 is 4.74 Å². The zero-order valence-corrected chi connectivity index (χ0v) is 23.3. The molecule has 2 fully saturated rings. The van der Waals surface area contributed by atoms with E-state index in [1.165, 1.54) is 76.2 Å². The molecule has 2 saturated carbocycles. The fourth-order valence-electron chi connectivity index (χ4n) is 6.46. The van der Waals surface area contributed by atoms with Crippen molar-refractivity contribution in [1.82, 2.24) is 9.97 Å². The van der Waals surface area contributed by atoms with Gasteiger partial charge in [0.15, 0.2) is 5.82 Å². The van der Waals surface area contributed by atoms with Gasteiger partial charge in [0.25, 0.3) is 0 Å². The third kappa shape index (κ3) is 8.65. The maximum absolute atomic E-state index is 12.7. The zero-order chi connectivity index (χ0) is 25.9. The monoisotopic (exact) mass is 504 g/mol. The third-order valence-electron chi connectivity index (χ3n) is 8.94. The SMILES string of the molecule is CCCCCC1CCC(C(=O)Oc2ccc(-c3ncc(CCC4CCC(CCC)CC4)cn3)cc2)CC1. The van der Waals surface area contributed by atoms with Gasteiger partial charge in [-0.3, -0.25) is 4.79 Å². The van der Waals surface area contributed by atoms with Crippen LogP contribution in [0.15, 0.2) is 36.7 Å². The standard InChI is InChI=1S/C33H48N2O2/c1-3-5-6-8-26-15-17-30(18-16-26)33(36)37-31-21-19-29(20-22-31)32-34-23-28(24-35-32)14-13-27-11-9-25(7-4-2)10-12-27/h19-27,30H,3-18H2,1-2H3. The predicted molar refractivity (Wildman–Crippen MR) is 151 cm³/mol. The Morgan fingerprint density at radius 1 is 0.757 bits per heavy atom. The Hall–Kier alpha value is -2.23. The van der Waals surface area contributed by atoms with Gasteiger partial charge in [0.1, 0.15) is 5.75 Å². The van der Waals surface area contributed by atoms with Gasteiger partial charge in [-0.2, -0.15) is 0 Å². The highest BCUT2D eigenvalue weighted by Gasteiger charge is 2.27. The van der Waals surface area contributed by atoms with Crippen molar-refractivity contribution in [1.29, 1.82) is 0 Å². The first-order valence-electron chi connectivity index (χ1n) is 15.3. The number of hydrogen-bond donors (Lipinski definition) is 0. The molecular weight excluding hydrogens is 456 g/mol. The van der Waals surface area contributed by atoms with Crippen LogP contribution in [0.3, 0.4) is 0 Å². The largest absolute Gasteiger partial charge is 0.426 e. The fourth-order valence-corrected chi connectivity index (χ4v) is 6.46. The van der Waals surface area contributed by atoms with Crippen LogP contribution in [-0.2, 0) is 11.2 Å². The Morgan fingerprint density at radius 2 is 1.35 bits per heavy atom. The van der Waals surface area contributed by atoms with Crippen LogP contribution >= 0.6 is 0 Å². The van der Waals surface area contributed by atoms with Crippen molar-refractivity contribution in [2.75, 3.05) is 0 Å². The number of carbonyl (C=O) groups is 1. The van der Waals surface area contributed by atoms with E-state index in [2.05, 4.69) is 23.8 Å². The molecule has 202 valence electrons. The number of hydrogen-bond acceptors (Lipinski definition) is 4. The van der Waals surface area contributed by atoms with Gasteiger partial charge in [-0.25, -0.2) is 9.97 Å². The lowest BCUT2D eigenvalue weighted by Crippen LogP contribution is -2.25. The smallest absolute Gasteiger partial charge is 0.314 e. The second-order valence-corrected chi connectivity index (χ2v) is 11.8. The number of benzene rings is 1. The van der Waals surface area contributed by atoms with Crippen molar-refractivity contribution in [2.45, 2.75) is 117 Å². The third-order valence-corrected chi connectivity index (χ3v) is 8.94. The molecule has 0 bridgehead atoms. The van der Waals surface area contributed by atoms with E-state index in [0.29, 0.717) is 5.75 Å². The number of rotatable bonds is 12. The summed E-state index contributed by atoms with van der Waals surface area (Å²) in [7, 11) is 0. The first-order chi connectivity index (χ1) is 18.1. The molecule has 37 heavy (non-hydrogen) atoms.